The molecule has 0 bridgehead atoms. The van der Waals surface area contributed by atoms with E-state index in [4.69, 9.17) is 5.73 Å². The molecule has 0 spiro atoms. The summed E-state index contributed by atoms with van der Waals surface area (Å²) in [5.74, 6) is 1.65. The Morgan fingerprint density at radius 2 is 2.08 bits per heavy atom. The molecule has 0 radical (unpaired) electrons. The molecule has 0 saturated heterocycles. The van der Waals surface area contributed by atoms with E-state index in [2.05, 4.69) is 37.3 Å². The van der Waals surface area contributed by atoms with Crippen molar-refractivity contribution in [3.05, 3.63) is 35.9 Å². The van der Waals surface area contributed by atoms with Gasteiger partial charge in [-0.1, -0.05) is 30.3 Å². The second-order valence-corrected chi connectivity index (χ2v) is 4.23. The highest BCUT2D eigenvalue weighted by molar-refractivity contribution is 5.25. The molecule has 1 aromatic rings. The Balaban J connectivity index is 1.93. The number of nitrogens with two attached hydrogens (primary N) is 1. The summed E-state index contributed by atoms with van der Waals surface area (Å²) < 4.78 is 0. The van der Waals surface area contributed by atoms with Crippen molar-refractivity contribution in [3.63, 3.8) is 0 Å². The molecular formula is C12H17N. The second-order valence-electron chi connectivity index (χ2n) is 4.23. The van der Waals surface area contributed by atoms with Gasteiger partial charge in [0.1, 0.15) is 0 Å². The van der Waals surface area contributed by atoms with Crippen LogP contribution in [0.1, 0.15) is 31.2 Å². The lowest BCUT2D eigenvalue weighted by Crippen LogP contribution is -2.15. The Kier molecular flexibility index (Phi) is 2.36. The van der Waals surface area contributed by atoms with E-state index in [1.165, 1.54) is 18.4 Å². The molecule has 1 aliphatic rings. The van der Waals surface area contributed by atoms with Crippen LogP contribution in [0.4, 0.5) is 0 Å². The molecule has 1 heteroatoms. The van der Waals surface area contributed by atoms with Crippen molar-refractivity contribution < 1.29 is 0 Å². The van der Waals surface area contributed by atoms with Crippen molar-refractivity contribution in [2.45, 2.75) is 31.7 Å². The van der Waals surface area contributed by atoms with Gasteiger partial charge in [0.05, 0.1) is 0 Å². The molecule has 0 aromatic heterocycles. The molecule has 1 saturated carbocycles. The molecule has 0 aliphatic heterocycles. The smallest absolute Gasteiger partial charge is 0.00133 e. The molecule has 1 fully saturated rings. The van der Waals surface area contributed by atoms with Crippen LogP contribution in [0.25, 0.3) is 0 Å². The maximum absolute atomic E-state index is 5.77. The lowest BCUT2D eigenvalue weighted by atomic mass is 10.1. The molecule has 0 amide bonds. The predicted octanol–water partition coefficient (Wildman–Crippen LogP) is 2.53. The minimum absolute atomic E-state index is 0.360. The van der Waals surface area contributed by atoms with Crippen LogP contribution >= 0.6 is 0 Å². The van der Waals surface area contributed by atoms with Crippen LogP contribution in [0.5, 0.6) is 0 Å². The first-order chi connectivity index (χ1) is 6.27. The highest BCUT2D eigenvalue weighted by Crippen LogP contribution is 2.49. The summed E-state index contributed by atoms with van der Waals surface area (Å²) in [7, 11) is 0. The maximum atomic E-state index is 5.77. The topological polar surface area (TPSA) is 26.0 Å². The monoisotopic (exact) mass is 175 g/mol. The third-order valence-electron chi connectivity index (χ3n) is 2.82. The van der Waals surface area contributed by atoms with E-state index in [1.54, 1.807) is 0 Å². The van der Waals surface area contributed by atoms with Gasteiger partial charge in [-0.05, 0) is 37.2 Å². The largest absolute Gasteiger partial charge is 0.328 e. The molecular weight excluding hydrogens is 158 g/mol. The number of benzene rings is 1. The zero-order valence-electron chi connectivity index (χ0n) is 8.11. The lowest BCUT2D eigenvalue weighted by molar-refractivity contribution is 0.598. The third-order valence-corrected chi connectivity index (χ3v) is 2.82. The summed E-state index contributed by atoms with van der Waals surface area (Å²) in [5.41, 5.74) is 7.27. The van der Waals surface area contributed by atoms with E-state index in [-0.39, 0.29) is 0 Å². The van der Waals surface area contributed by atoms with Crippen molar-refractivity contribution in [1.82, 2.24) is 0 Å². The number of hydrogen-bond donors (Lipinski definition) is 1. The molecule has 13 heavy (non-hydrogen) atoms. The standard InChI is InChI=1S/C12H17N/c1-9(13)7-11-8-12(11)10-5-3-2-4-6-10/h2-6,9,11-12H,7-8,13H2,1H3. The summed E-state index contributed by atoms with van der Waals surface area (Å²) in [5, 5.41) is 0. The SMILES string of the molecule is CC(N)CC1CC1c1ccccc1. The van der Waals surface area contributed by atoms with Gasteiger partial charge in [0.2, 0.25) is 0 Å². The first-order valence-electron chi connectivity index (χ1n) is 5.08. The fourth-order valence-corrected chi connectivity index (χ4v) is 2.09. The van der Waals surface area contributed by atoms with Crippen molar-refractivity contribution in [2.75, 3.05) is 0 Å². The average molecular weight is 175 g/mol. The molecule has 1 aliphatic carbocycles. The van der Waals surface area contributed by atoms with Crippen LogP contribution in [-0.2, 0) is 0 Å². The van der Waals surface area contributed by atoms with Gasteiger partial charge in [0.25, 0.3) is 0 Å². The fourth-order valence-electron chi connectivity index (χ4n) is 2.09. The molecule has 1 aromatic carbocycles. The van der Waals surface area contributed by atoms with E-state index in [1.807, 2.05) is 0 Å². The third kappa shape index (κ3) is 2.10. The molecule has 70 valence electrons. The molecule has 0 heterocycles. The summed E-state index contributed by atoms with van der Waals surface area (Å²) in [4.78, 5) is 0. The van der Waals surface area contributed by atoms with Gasteiger partial charge < -0.3 is 5.73 Å². The van der Waals surface area contributed by atoms with E-state index in [0.717, 1.165) is 11.8 Å². The van der Waals surface area contributed by atoms with Gasteiger partial charge in [-0.15, -0.1) is 0 Å². The normalized spacial score (nSPS) is 28.5. The minimum Gasteiger partial charge on any atom is -0.328 e. The minimum atomic E-state index is 0.360. The highest BCUT2D eigenvalue weighted by Gasteiger charge is 2.37. The fraction of sp³-hybridized carbons (Fsp3) is 0.500. The summed E-state index contributed by atoms with van der Waals surface area (Å²) in [6.07, 6.45) is 2.52. The molecule has 3 unspecified atom stereocenters. The van der Waals surface area contributed by atoms with Gasteiger partial charge in [0.15, 0.2) is 0 Å². The van der Waals surface area contributed by atoms with Gasteiger partial charge in [-0.2, -0.15) is 0 Å². The van der Waals surface area contributed by atoms with E-state index < -0.39 is 0 Å². The van der Waals surface area contributed by atoms with E-state index in [0.29, 0.717) is 6.04 Å². The van der Waals surface area contributed by atoms with Crippen LogP contribution in [0.2, 0.25) is 0 Å². The van der Waals surface area contributed by atoms with Crippen LogP contribution in [0.3, 0.4) is 0 Å². The van der Waals surface area contributed by atoms with Gasteiger partial charge >= 0.3 is 0 Å². The number of rotatable bonds is 3. The van der Waals surface area contributed by atoms with Crippen LogP contribution in [0, 0.1) is 5.92 Å². The van der Waals surface area contributed by atoms with Gasteiger partial charge in [0, 0.05) is 6.04 Å². The van der Waals surface area contributed by atoms with Crippen LogP contribution in [0.15, 0.2) is 30.3 Å². The zero-order valence-corrected chi connectivity index (χ0v) is 8.11. The lowest BCUT2D eigenvalue weighted by Gasteiger charge is -2.03. The van der Waals surface area contributed by atoms with Crippen LogP contribution in [-0.4, -0.2) is 6.04 Å². The first kappa shape index (κ1) is 8.76. The quantitative estimate of drug-likeness (QED) is 0.750. The molecule has 2 N–H and O–H groups in total. The predicted molar refractivity (Wildman–Crippen MR) is 55.6 cm³/mol. The van der Waals surface area contributed by atoms with E-state index in [9.17, 15) is 0 Å². The molecule has 1 nitrogen and oxygen atoms in total. The van der Waals surface area contributed by atoms with Crippen LogP contribution < -0.4 is 5.73 Å². The highest BCUT2D eigenvalue weighted by atomic mass is 14.6. The maximum Gasteiger partial charge on any atom is 0.00133 e. The van der Waals surface area contributed by atoms with Crippen molar-refractivity contribution >= 4 is 0 Å². The summed E-state index contributed by atoms with van der Waals surface area (Å²) in [6, 6.07) is 11.1. The Hall–Kier alpha value is -0.820. The Labute approximate surface area is 80.0 Å². The van der Waals surface area contributed by atoms with Gasteiger partial charge in [-0.3, -0.25) is 0 Å². The Morgan fingerprint density at radius 1 is 1.38 bits per heavy atom. The van der Waals surface area contributed by atoms with Crippen molar-refractivity contribution in [2.24, 2.45) is 11.7 Å². The van der Waals surface area contributed by atoms with Gasteiger partial charge in [-0.25, -0.2) is 0 Å². The zero-order chi connectivity index (χ0) is 9.26. The molecule has 3 atom stereocenters. The summed E-state index contributed by atoms with van der Waals surface area (Å²) >= 11 is 0. The van der Waals surface area contributed by atoms with Crippen molar-refractivity contribution in [1.29, 1.82) is 0 Å². The van der Waals surface area contributed by atoms with Crippen molar-refractivity contribution in [3.8, 4) is 0 Å². The van der Waals surface area contributed by atoms with E-state index >= 15 is 0 Å². The second kappa shape index (κ2) is 3.51. The first-order valence-corrected chi connectivity index (χ1v) is 5.08. The molecule has 2 rings (SSSR count). The average Bonchev–Trinajstić information content (AvgIpc) is 2.84. The Morgan fingerprint density at radius 3 is 2.69 bits per heavy atom. The Bertz CT molecular complexity index is 266. The number of hydrogen-bond acceptors (Lipinski definition) is 1. The summed E-state index contributed by atoms with van der Waals surface area (Å²) in [6.45, 7) is 2.10.